The zero-order valence-electron chi connectivity index (χ0n) is 19.9. The summed E-state index contributed by atoms with van der Waals surface area (Å²) in [6, 6.07) is 10.3. The van der Waals surface area contributed by atoms with Gasteiger partial charge in [-0.3, -0.25) is 14.4 Å². The predicted octanol–water partition coefficient (Wildman–Crippen LogP) is 4.49. The molecule has 1 atom stereocenters. The van der Waals surface area contributed by atoms with Crippen molar-refractivity contribution in [2.24, 2.45) is 5.92 Å². The van der Waals surface area contributed by atoms with Crippen molar-refractivity contribution in [2.45, 2.75) is 50.5 Å². The van der Waals surface area contributed by atoms with Crippen molar-refractivity contribution in [3.63, 3.8) is 0 Å². The lowest BCUT2D eigenvalue weighted by Gasteiger charge is -2.26. The summed E-state index contributed by atoms with van der Waals surface area (Å²) in [5, 5.41) is 10.9. The molecule has 9 nitrogen and oxygen atoms in total. The first-order valence-electron chi connectivity index (χ1n) is 11.3. The number of non-ortho nitro benzene ring substituents is 1. The first-order chi connectivity index (χ1) is 16.0. The fourth-order valence-electron chi connectivity index (χ4n) is 4.32. The van der Waals surface area contributed by atoms with Gasteiger partial charge in [-0.1, -0.05) is 20.8 Å². The molecule has 4 rings (SSSR count). The number of nitro groups is 1. The molecular formula is C24H30N4O5S. The molecule has 10 heteroatoms. The van der Waals surface area contributed by atoms with E-state index in [9.17, 15) is 18.5 Å². The summed E-state index contributed by atoms with van der Waals surface area (Å²) in [5.74, 6) is 1.36. The molecule has 0 amide bonds. The van der Waals surface area contributed by atoms with Crippen LogP contribution in [0, 0.1) is 16.0 Å². The molecule has 34 heavy (non-hydrogen) atoms. The molecule has 2 aromatic carbocycles. The Morgan fingerprint density at radius 1 is 1.21 bits per heavy atom. The van der Waals surface area contributed by atoms with E-state index in [-0.39, 0.29) is 16.0 Å². The number of ether oxygens (including phenoxy) is 1. The Morgan fingerprint density at radius 2 is 1.91 bits per heavy atom. The highest BCUT2D eigenvalue weighted by atomic mass is 32.2. The van der Waals surface area contributed by atoms with Gasteiger partial charge in [-0.15, -0.1) is 0 Å². The van der Waals surface area contributed by atoms with Crippen molar-refractivity contribution in [1.82, 2.24) is 9.55 Å². The maximum Gasteiger partial charge on any atom is 0.269 e. The lowest BCUT2D eigenvalue weighted by Crippen LogP contribution is -2.26. The van der Waals surface area contributed by atoms with E-state index in [2.05, 4.69) is 25.3 Å². The Labute approximate surface area is 199 Å². The summed E-state index contributed by atoms with van der Waals surface area (Å²) in [6.45, 7) is 8.71. The molecule has 0 aliphatic carbocycles. The zero-order valence-corrected chi connectivity index (χ0v) is 20.7. The van der Waals surface area contributed by atoms with Crippen LogP contribution in [-0.4, -0.2) is 43.2 Å². The van der Waals surface area contributed by atoms with E-state index in [0.717, 1.165) is 49.5 Å². The van der Waals surface area contributed by atoms with E-state index in [4.69, 9.17) is 9.72 Å². The smallest absolute Gasteiger partial charge is 0.269 e. The number of fused-ring (bicyclic) bond motifs is 1. The molecule has 0 bridgehead atoms. The summed E-state index contributed by atoms with van der Waals surface area (Å²) < 4.78 is 35.4. The number of aromatic nitrogens is 2. The molecule has 1 aliphatic heterocycles. The van der Waals surface area contributed by atoms with Gasteiger partial charge in [-0.25, -0.2) is 13.4 Å². The summed E-state index contributed by atoms with van der Waals surface area (Å²) in [5.41, 5.74) is 1.81. The van der Waals surface area contributed by atoms with E-state index in [0.29, 0.717) is 11.6 Å². The number of rotatable bonds is 6. The maximum absolute atomic E-state index is 13.2. The van der Waals surface area contributed by atoms with Crippen LogP contribution in [0.5, 0.6) is 0 Å². The second-order valence-electron chi connectivity index (χ2n) is 9.78. The van der Waals surface area contributed by atoms with Gasteiger partial charge in [0.25, 0.3) is 15.7 Å². The van der Waals surface area contributed by atoms with Crippen LogP contribution >= 0.6 is 0 Å². The van der Waals surface area contributed by atoms with Crippen LogP contribution in [0.15, 0.2) is 47.4 Å². The largest absolute Gasteiger partial charge is 0.381 e. The molecule has 1 aliphatic rings. The van der Waals surface area contributed by atoms with E-state index in [1.54, 1.807) is 12.1 Å². The van der Waals surface area contributed by atoms with Gasteiger partial charge in [0.05, 0.1) is 33.1 Å². The maximum atomic E-state index is 13.2. The number of hydrogen-bond donors (Lipinski definition) is 0. The molecule has 0 spiro atoms. The van der Waals surface area contributed by atoms with Gasteiger partial charge in [0, 0.05) is 43.7 Å². The molecule has 1 fully saturated rings. The summed E-state index contributed by atoms with van der Waals surface area (Å²) in [6.07, 6.45) is 2.16. The first kappa shape index (κ1) is 24.2. The third-order valence-corrected chi connectivity index (χ3v) is 7.97. The summed E-state index contributed by atoms with van der Waals surface area (Å²) >= 11 is 0. The predicted molar refractivity (Wildman–Crippen MR) is 131 cm³/mol. The Morgan fingerprint density at radius 3 is 2.50 bits per heavy atom. The highest BCUT2D eigenvalue weighted by Crippen LogP contribution is 2.32. The monoisotopic (exact) mass is 486 g/mol. The molecular weight excluding hydrogens is 456 g/mol. The number of nitrogens with zero attached hydrogens (tertiary/aromatic N) is 4. The lowest BCUT2D eigenvalue weighted by atomic mass is 9.95. The van der Waals surface area contributed by atoms with Gasteiger partial charge in [-0.2, -0.15) is 0 Å². The molecule has 0 N–H and O–H groups in total. The lowest BCUT2D eigenvalue weighted by molar-refractivity contribution is -0.384. The number of nitro benzene ring substituents is 1. The summed E-state index contributed by atoms with van der Waals surface area (Å²) in [7, 11) is -2.43. The Hall–Kier alpha value is -2.98. The van der Waals surface area contributed by atoms with Crippen molar-refractivity contribution in [2.75, 3.05) is 24.6 Å². The van der Waals surface area contributed by atoms with E-state index in [1.165, 1.54) is 35.6 Å². The van der Waals surface area contributed by atoms with E-state index >= 15 is 0 Å². The molecule has 3 aromatic rings. The van der Waals surface area contributed by atoms with Crippen LogP contribution < -0.4 is 4.31 Å². The number of benzene rings is 2. The van der Waals surface area contributed by atoms with E-state index in [1.807, 2.05) is 6.07 Å². The van der Waals surface area contributed by atoms with Gasteiger partial charge >= 0.3 is 0 Å². The molecule has 2 heterocycles. The second kappa shape index (κ2) is 8.99. The van der Waals surface area contributed by atoms with Crippen LogP contribution in [0.3, 0.4) is 0 Å². The van der Waals surface area contributed by atoms with Crippen molar-refractivity contribution in [1.29, 1.82) is 0 Å². The highest BCUT2D eigenvalue weighted by Gasteiger charge is 2.27. The first-order valence-corrected chi connectivity index (χ1v) is 12.7. The average Bonchev–Trinajstić information content (AvgIpc) is 3.17. The molecule has 1 aromatic heterocycles. The average molecular weight is 487 g/mol. The Balaban J connectivity index is 1.70. The minimum atomic E-state index is -3.90. The van der Waals surface area contributed by atoms with Crippen LogP contribution in [0.2, 0.25) is 0 Å². The standard InChI is InChI=1S/C24H30N4O5S/c1-24(2,3)23-25-21-14-19(9-12-22(21)27(23)15-17-6-5-13-33-16-17)26(4)34(31,32)20-10-7-18(8-11-20)28(29)30/h7-12,14,17H,5-6,13,15-16H2,1-4H3. The molecule has 1 unspecified atom stereocenters. The Bertz CT molecular complexity index is 1300. The van der Waals surface area contributed by atoms with E-state index < -0.39 is 14.9 Å². The van der Waals surface area contributed by atoms with Crippen LogP contribution in [-0.2, 0) is 26.7 Å². The second-order valence-corrected chi connectivity index (χ2v) is 11.7. The quantitative estimate of drug-likeness (QED) is 0.375. The van der Waals surface area contributed by atoms with Crippen LogP contribution in [0.25, 0.3) is 11.0 Å². The van der Waals surface area contributed by atoms with Crippen molar-refractivity contribution in [3.05, 3.63) is 58.4 Å². The summed E-state index contributed by atoms with van der Waals surface area (Å²) in [4.78, 5) is 15.2. The number of anilines is 1. The van der Waals surface area contributed by atoms with Crippen molar-refractivity contribution in [3.8, 4) is 0 Å². The third kappa shape index (κ3) is 4.65. The molecule has 182 valence electrons. The van der Waals surface area contributed by atoms with Gasteiger partial charge in [-0.05, 0) is 43.2 Å². The number of hydrogen-bond acceptors (Lipinski definition) is 6. The minimum absolute atomic E-state index is 0.0149. The fraction of sp³-hybridized carbons (Fsp3) is 0.458. The van der Waals surface area contributed by atoms with Gasteiger partial charge in [0.1, 0.15) is 5.82 Å². The molecule has 1 saturated heterocycles. The molecule has 0 saturated carbocycles. The van der Waals surface area contributed by atoms with Crippen molar-refractivity contribution >= 4 is 32.4 Å². The van der Waals surface area contributed by atoms with Gasteiger partial charge in [0.15, 0.2) is 0 Å². The third-order valence-electron chi connectivity index (χ3n) is 6.17. The SMILES string of the molecule is CN(c1ccc2c(c1)nc(C(C)(C)C)n2CC1CCCOC1)S(=O)(=O)c1ccc([N+](=O)[O-])cc1. The van der Waals surface area contributed by atoms with Crippen LogP contribution in [0.1, 0.15) is 39.4 Å². The van der Waals surface area contributed by atoms with Crippen LogP contribution in [0.4, 0.5) is 11.4 Å². The topological polar surface area (TPSA) is 108 Å². The zero-order chi connectivity index (χ0) is 24.7. The Kier molecular flexibility index (Phi) is 6.39. The number of sulfonamides is 1. The number of imidazole rings is 1. The fourth-order valence-corrected chi connectivity index (χ4v) is 5.51. The normalized spacial score (nSPS) is 17.1. The molecule has 0 radical (unpaired) electrons. The van der Waals surface area contributed by atoms with Gasteiger partial charge in [0.2, 0.25) is 0 Å². The van der Waals surface area contributed by atoms with Gasteiger partial charge < -0.3 is 9.30 Å². The minimum Gasteiger partial charge on any atom is -0.381 e. The van der Waals surface area contributed by atoms with Crippen molar-refractivity contribution < 1.29 is 18.1 Å². The highest BCUT2D eigenvalue weighted by molar-refractivity contribution is 7.92.